The minimum absolute atomic E-state index is 0.0315. The molecule has 0 radical (unpaired) electrons. The van der Waals surface area contributed by atoms with Crippen LogP contribution in [0.1, 0.15) is 53.9 Å². The third-order valence-corrected chi connectivity index (χ3v) is 4.89. The van der Waals surface area contributed by atoms with E-state index < -0.39 is 11.5 Å². The number of hydrogen-bond acceptors (Lipinski definition) is 4. The Kier molecular flexibility index (Phi) is 5.23. The van der Waals surface area contributed by atoms with Gasteiger partial charge in [-0.1, -0.05) is 25.1 Å². The highest BCUT2D eigenvalue weighted by Gasteiger charge is 2.37. The maximum atomic E-state index is 12.4. The molecule has 0 saturated carbocycles. The molecule has 2 aliphatic heterocycles. The van der Waals surface area contributed by atoms with Gasteiger partial charge in [0.25, 0.3) is 0 Å². The summed E-state index contributed by atoms with van der Waals surface area (Å²) in [6.45, 7) is 11.8. The van der Waals surface area contributed by atoms with Gasteiger partial charge in [0.05, 0.1) is 0 Å². The maximum Gasteiger partial charge on any atom is 0.314 e. The molecule has 0 atom stereocenters. The summed E-state index contributed by atoms with van der Waals surface area (Å²) in [5.74, 6) is -0.501. The predicted molar refractivity (Wildman–Crippen MR) is 93.5 cm³/mol. The fourth-order valence-corrected chi connectivity index (χ4v) is 3.84. The van der Waals surface area contributed by atoms with Gasteiger partial charge in [0.1, 0.15) is 5.60 Å². The minimum Gasteiger partial charge on any atom is -0.481 e. The van der Waals surface area contributed by atoms with E-state index in [0.29, 0.717) is 0 Å². The van der Waals surface area contributed by atoms with Gasteiger partial charge < -0.3 is 9.64 Å². The minimum atomic E-state index is -0.652. The Balaban J connectivity index is 2.18. The van der Waals surface area contributed by atoms with Crippen molar-refractivity contribution in [3.63, 3.8) is 0 Å². The molecule has 2 heterocycles. The predicted octanol–water partition coefficient (Wildman–Crippen LogP) is 3.15. The molecule has 128 valence electrons. The van der Waals surface area contributed by atoms with E-state index in [0.717, 1.165) is 31.1 Å². The van der Waals surface area contributed by atoms with Gasteiger partial charge in [-0.2, -0.15) is 4.99 Å². The van der Waals surface area contributed by atoms with E-state index >= 15 is 0 Å². The van der Waals surface area contributed by atoms with Crippen molar-refractivity contribution >= 4 is 28.6 Å². The highest BCUT2D eigenvalue weighted by atomic mass is 32.2. The smallest absolute Gasteiger partial charge is 0.314 e. The van der Waals surface area contributed by atoms with Crippen LogP contribution in [-0.4, -0.2) is 45.2 Å². The molecule has 23 heavy (non-hydrogen) atoms. The molecule has 0 unspecified atom stereocenters. The summed E-state index contributed by atoms with van der Waals surface area (Å²) in [6, 6.07) is 0. The van der Waals surface area contributed by atoms with Gasteiger partial charge in [-0.25, -0.2) is 0 Å². The van der Waals surface area contributed by atoms with Crippen LogP contribution in [0.15, 0.2) is 16.8 Å². The van der Waals surface area contributed by atoms with Crippen LogP contribution in [0.25, 0.3) is 0 Å². The Morgan fingerprint density at radius 1 is 1.39 bits per heavy atom. The Morgan fingerprint density at radius 2 is 2.09 bits per heavy atom. The van der Waals surface area contributed by atoms with Crippen molar-refractivity contribution in [1.29, 1.82) is 0 Å². The number of unbranched alkanes of at least 4 members (excludes halogenated alkanes) is 1. The molecule has 5 nitrogen and oxygen atoms in total. The molecule has 0 bridgehead atoms. The van der Waals surface area contributed by atoms with Gasteiger partial charge in [0.15, 0.2) is 16.7 Å². The molecule has 1 fully saturated rings. The van der Waals surface area contributed by atoms with Crippen LogP contribution in [0.4, 0.5) is 0 Å². The number of ketones is 1. The van der Waals surface area contributed by atoms with Gasteiger partial charge in [-0.3, -0.25) is 9.59 Å². The Labute approximate surface area is 142 Å². The van der Waals surface area contributed by atoms with E-state index in [1.807, 2.05) is 0 Å². The van der Waals surface area contributed by atoms with Gasteiger partial charge in [0.2, 0.25) is 0 Å². The third kappa shape index (κ3) is 4.83. The molecule has 0 aromatic carbocycles. The zero-order valence-corrected chi connectivity index (χ0v) is 15.5. The van der Waals surface area contributed by atoms with E-state index in [-0.39, 0.29) is 22.7 Å². The average Bonchev–Trinajstić information content (AvgIpc) is 2.68. The van der Waals surface area contributed by atoms with Crippen molar-refractivity contribution in [3.05, 3.63) is 11.8 Å². The summed E-state index contributed by atoms with van der Waals surface area (Å²) in [6.07, 6.45) is 3.72. The van der Waals surface area contributed by atoms with Crippen molar-refractivity contribution < 1.29 is 14.3 Å². The number of rotatable bonds is 4. The van der Waals surface area contributed by atoms with Crippen LogP contribution in [0.2, 0.25) is 0 Å². The lowest BCUT2D eigenvalue weighted by molar-refractivity contribution is -0.129. The lowest BCUT2D eigenvalue weighted by Crippen LogP contribution is -2.33. The number of ether oxygens (including phenoxy) is 1. The van der Waals surface area contributed by atoms with Crippen LogP contribution in [0, 0.1) is 0 Å². The average molecular weight is 338 g/mol. The fourth-order valence-electron chi connectivity index (χ4n) is 2.72. The molecule has 6 heteroatoms. The molecule has 1 saturated heterocycles. The molecular formula is C17H26N2O3S. The topological polar surface area (TPSA) is 59.0 Å². The zero-order chi connectivity index (χ0) is 17.3. The summed E-state index contributed by atoms with van der Waals surface area (Å²) in [5.41, 5.74) is -0.652. The van der Waals surface area contributed by atoms with Gasteiger partial charge in [0, 0.05) is 30.3 Å². The molecule has 0 aromatic rings. The Morgan fingerprint density at radius 3 is 2.70 bits per heavy atom. The number of hydrogen-bond donors (Lipinski definition) is 0. The van der Waals surface area contributed by atoms with Crippen molar-refractivity contribution in [2.24, 2.45) is 4.99 Å². The second-order valence-electron chi connectivity index (χ2n) is 7.35. The van der Waals surface area contributed by atoms with Crippen LogP contribution < -0.4 is 0 Å². The first kappa shape index (κ1) is 18.0. The largest absolute Gasteiger partial charge is 0.481 e. The van der Waals surface area contributed by atoms with E-state index in [9.17, 15) is 9.59 Å². The SMILES string of the molecule is CCCCN1CC(C)(C)SC1=NC(=O)C1=CC(=O)CC(C)(C)O1. The highest BCUT2D eigenvalue weighted by Crippen LogP contribution is 2.36. The van der Waals surface area contributed by atoms with Crippen molar-refractivity contribution in [2.45, 2.75) is 64.2 Å². The molecule has 2 aliphatic rings. The summed E-state index contributed by atoms with van der Waals surface area (Å²) in [5, 5.41) is 0.730. The van der Waals surface area contributed by atoms with Crippen molar-refractivity contribution in [3.8, 4) is 0 Å². The van der Waals surface area contributed by atoms with Crippen molar-refractivity contribution in [1.82, 2.24) is 4.90 Å². The number of allylic oxidation sites excluding steroid dienone is 1. The molecule has 0 spiro atoms. The molecular weight excluding hydrogens is 312 g/mol. The fraction of sp³-hybridized carbons (Fsp3) is 0.706. The summed E-state index contributed by atoms with van der Waals surface area (Å²) < 4.78 is 5.67. The summed E-state index contributed by atoms with van der Waals surface area (Å²) >= 11 is 1.61. The van der Waals surface area contributed by atoms with Crippen LogP contribution in [0.5, 0.6) is 0 Å². The normalized spacial score (nSPS) is 24.6. The standard InChI is InChI=1S/C17H26N2O3S/c1-6-7-8-19-11-17(4,5)23-15(19)18-14(21)13-9-12(20)10-16(2,3)22-13/h9H,6-8,10-11H2,1-5H3. The number of nitrogens with zero attached hydrogens (tertiary/aromatic N) is 2. The van der Waals surface area contributed by atoms with E-state index in [1.54, 1.807) is 25.6 Å². The lowest BCUT2D eigenvalue weighted by Gasteiger charge is -2.29. The number of carbonyl (C=O) groups is 2. The number of carbonyl (C=O) groups excluding carboxylic acids is 2. The van der Waals surface area contributed by atoms with Gasteiger partial charge in [-0.15, -0.1) is 0 Å². The molecule has 0 aliphatic carbocycles. The van der Waals surface area contributed by atoms with Crippen LogP contribution in [-0.2, 0) is 14.3 Å². The monoisotopic (exact) mass is 338 g/mol. The summed E-state index contributed by atoms with van der Waals surface area (Å²) in [7, 11) is 0. The molecule has 1 amide bonds. The number of thioether (sulfide) groups is 1. The van der Waals surface area contributed by atoms with E-state index in [4.69, 9.17) is 4.74 Å². The van der Waals surface area contributed by atoms with Crippen molar-refractivity contribution in [2.75, 3.05) is 13.1 Å². The second kappa shape index (κ2) is 6.67. The zero-order valence-electron chi connectivity index (χ0n) is 14.6. The number of amidine groups is 1. The molecule has 2 rings (SSSR count). The number of amides is 1. The van der Waals surface area contributed by atoms with E-state index in [2.05, 4.69) is 30.7 Å². The van der Waals surface area contributed by atoms with Crippen LogP contribution >= 0.6 is 11.8 Å². The Hall–Kier alpha value is -1.30. The first-order chi connectivity index (χ1) is 10.6. The van der Waals surface area contributed by atoms with Gasteiger partial charge >= 0.3 is 5.91 Å². The Bertz CT molecular complexity index is 564. The summed E-state index contributed by atoms with van der Waals surface area (Å²) in [4.78, 5) is 30.6. The number of aliphatic imine (C=N–C) groups is 1. The first-order valence-corrected chi connectivity index (χ1v) is 8.94. The molecule has 0 N–H and O–H groups in total. The molecule has 0 aromatic heterocycles. The lowest BCUT2D eigenvalue weighted by atomic mass is 9.98. The van der Waals surface area contributed by atoms with E-state index in [1.165, 1.54) is 6.08 Å². The highest BCUT2D eigenvalue weighted by molar-refractivity contribution is 8.15. The quantitative estimate of drug-likeness (QED) is 0.788. The van der Waals surface area contributed by atoms with Crippen LogP contribution in [0.3, 0.4) is 0 Å². The first-order valence-electron chi connectivity index (χ1n) is 8.12. The third-order valence-electron chi connectivity index (χ3n) is 3.68. The van der Waals surface area contributed by atoms with Gasteiger partial charge in [-0.05, 0) is 34.1 Å². The second-order valence-corrected chi connectivity index (χ2v) is 9.02. The maximum absolute atomic E-state index is 12.4.